The molecule has 1 aliphatic heterocycles. The molecule has 1 aromatic carbocycles. The molecule has 2 aliphatic rings. The Bertz CT molecular complexity index is 478. The number of carbonyl (C=O) groups excluding carboxylic acids is 1. The summed E-state index contributed by atoms with van der Waals surface area (Å²) in [7, 11) is 0. The molecule has 0 bridgehead atoms. The van der Waals surface area contributed by atoms with Crippen LogP contribution < -0.4 is 0 Å². The number of Topliss-reactive ketones (excluding diaryl/α,β-unsaturated/α-hetero) is 1. The van der Waals surface area contributed by atoms with Gasteiger partial charge in [0.15, 0.2) is 11.4 Å². The fraction of sp³-hybridized carbons (Fsp3) is 0.533. The number of rotatable bonds is 0. The van der Waals surface area contributed by atoms with Crippen LogP contribution in [0, 0.1) is 11.3 Å². The number of hydrogen-bond acceptors (Lipinski definition) is 2. The first-order valence-electron chi connectivity index (χ1n) is 6.22. The molecule has 0 saturated carbocycles. The van der Waals surface area contributed by atoms with Gasteiger partial charge in [-0.05, 0) is 17.4 Å². The van der Waals surface area contributed by atoms with Crippen molar-refractivity contribution in [1.29, 1.82) is 0 Å². The van der Waals surface area contributed by atoms with Crippen molar-refractivity contribution >= 4 is 5.78 Å². The third-order valence-corrected chi connectivity index (χ3v) is 4.13. The predicted molar refractivity (Wildman–Crippen MR) is 66.1 cm³/mol. The first-order valence-corrected chi connectivity index (χ1v) is 6.22. The van der Waals surface area contributed by atoms with Crippen molar-refractivity contribution in [1.82, 2.24) is 0 Å². The number of ketones is 1. The van der Waals surface area contributed by atoms with Gasteiger partial charge < -0.3 is 4.74 Å². The van der Waals surface area contributed by atoms with Gasteiger partial charge in [0, 0.05) is 11.5 Å². The number of ether oxygens (including phenoxy) is 1. The average molecular weight is 230 g/mol. The summed E-state index contributed by atoms with van der Waals surface area (Å²) >= 11 is 0. The minimum Gasteiger partial charge on any atom is -0.361 e. The van der Waals surface area contributed by atoms with Crippen LogP contribution in [0.25, 0.3) is 0 Å². The lowest BCUT2D eigenvalue weighted by Gasteiger charge is -2.38. The molecule has 17 heavy (non-hydrogen) atoms. The summed E-state index contributed by atoms with van der Waals surface area (Å²) in [6, 6.07) is 7.95. The normalized spacial score (nSPS) is 31.5. The maximum Gasteiger partial charge on any atom is 0.197 e. The van der Waals surface area contributed by atoms with E-state index >= 15 is 0 Å². The van der Waals surface area contributed by atoms with Crippen molar-refractivity contribution < 1.29 is 9.53 Å². The fourth-order valence-corrected chi connectivity index (χ4v) is 3.11. The molecule has 1 fully saturated rings. The van der Waals surface area contributed by atoms with Gasteiger partial charge in [0.2, 0.25) is 0 Å². The highest BCUT2D eigenvalue weighted by Crippen LogP contribution is 2.51. The first-order chi connectivity index (χ1) is 7.95. The Balaban J connectivity index is 2.11. The summed E-state index contributed by atoms with van der Waals surface area (Å²) in [5.74, 6) is 0.483. The molecule has 1 saturated heterocycles. The van der Waals surface area contributed by atoms with E-state index in [0.29, 0.717) is 6.61 Å². The molecule has 3 rings (SSSR count). The summed E-state index contributed by atoms with van der Waals surface area (Å²) in [6.45, 7) is 7.19. The van der Waals surface area contributed by atoms with Crippen LogP contribution in [0.5, 0.6) is 0 Å². The maximum absolute atomic E-state index is 12.5. The summed E-state index contributed by atoms with van der Waals surface area (Å²) < 4.78 is 5.60. The van der Waals surface area contributed by atoms with Crippen LogP contribution in [0.3, 0.4) is 0 Å². The minimum absolute atomic E-state index is 0.0969. The number of fused-ring (bicyclic) bond motifs is 1. The Labute approximate surface area is 102 Å². The Hall–Kier alpha value is -1.15. The van der Waals surface area contributed by atoms with Gasteiger partial charge >= 0.3 is 0 Å². The number of epoxide rings is 1. The van der Waals surface area contributed by atoms with Crippen molar-refractivity contribution in [3.8, 4) is 0 Å². The Kier molecular flexibility index (Phi) is 2.06. The molecule has 0 aromatic heterocycles. The largest absolute Gasteiger partial charge is 0.361 e. The van der Waals surface area contributed by atoms with E-state index in [0.717, 1.165) is 12.0 Å². The van der Waals surface area contributed by atoms with E-state index in [1.54, 1.807) is 0 Å². The van der Waals surface area contributed by atoms with Crippen molar-refractivity contribution in [3.63, 3.8) is 0 Å². The first kappa shape index (κ1) is 11.0. The van der Waals surface area contributed by atoms with Crippen molar-refractivity contribution in [2.24, 2.45) is 11.3 Å². The Morgan fingerprint density at radius 2 is 1.94 bits per heavy atom. The topological polar surface area (TPSA) is 29.6 Å². The van der Waals surface area contributed by atoms with Gasteiger partial charge in [0.1, 0.15) is 0 Å². The zero-order valence-corrected chi connectivity index (χ0v) is 10.6. The summed E-state index contributed by atoms with van der Waals surface area (Å²) in [5, 5.41) is 0. The van der Waals surface area contributed by atoms with Gasteiger partial charge in [0.05, 0.1) is 6.61 Å². The minimum atomic E-state index is -0.507. The van der Waals surface area contributed by atoms with Crippen LogP contribution in [-0.2, 0) is 11.2 Å². The van der Waals surface area contributed by atoms with Gasteiger partial charge in [0.25, 0.3) is 0 Å². The highest BCUT2D eigenvalue weighted by atomic mass is 16.6. The molecule has 1 spiro atoms. The molecular weight excluding hydrogens is 212 g/mol. The van der Waals surface area contributed by atoms with E-state index in [9.17, 15) is 4.79 Å². The van der Waals surface area contributed by atoms with Crippen LogP contribution in [0.15, 0.2) is 24.3 Å². The van der Waals surface area contributed by atoms with E-state index in [-0.39, 0.29) is 17.1 Å². The van der Waals surface area contributed by atoms with Crippen molar-refractivity contribution in [2.45, 2.75) is 32.8 Å². The van der Waals surface area contributed by atoms with E-state index < -0.39 is 5.60 Å². The number of hydrogen-bond donors (Lipinski definition) is 0. The lowest BCUT2D eigenvalue weighted by Crippen LogP contribution is -2.46. The van der Waals surface area contributed by atoms with Gasteiger partial charge in [-0.2, -0.15) is 0 Å². The highest BCUT2D eigenvalue weighted by Gasteiger charge is 2.62. The molecule has 2 heteroatoms. The Morgan fingerprint density at radius 1 is 1.29 bits per heavy atom. The van der Waals surface area contributed by atoms with E-state index in [2.05, 4.69) is 26.8 Å². The second-order valence-electron chi connectivity index (χ2n) is 6.29. The summed E-state index contributed by atoms with van der Waals surface area (Å²) in [6.07, 6.45) is 0.950. The van der Waals surface area contributed by atoms with Crippen molar-refractivity contribution in [3.05, 3.63) is 35.4 Å². The van der Waals surface area contributed by atoms with Crippen LogP contribution in [-0.4, -0.2) is 18.0 Å². The van der Waals surface area contributed by atoms with E-state index in [4.69, 9.17) is 4.74 Å². The SMILES string of the molecule is CC(C)(C)[C@H]1Cc2ccccc2C(=O)[C@@]12CO2. The molecule has 90 valence electrons. The van der Waals surface area contributed by atoms with Gasteiger partial charge in [-0.1, -0.05) is 45.0 Å². The fourth-order valence-electron chi connectivity index (χ4n) is 3.11. The maximum atomic E-state index is 12.5. The molecule has 0 amide bonds. The van der Waals surface area contributed by atoms with E-state index in [1.807, 2.05) is 18.2 Å². The highest BCUT2D eigenvalue weighted by molar-refractivity contribution is 6.06. The molecule has 0 unspecified atom stereocenters. The van der Waals surface area contributed by atoms with Crippen LogP contribution in [0.1, 0.15) is 36.7 Å². The zero-order chi connectivity index (χ0) is 12.3. The standard InChI is InChI=1S/C15H18O2/c1-14(2,3)12-8-10-6-4-5-7-11(10)13(16)15(12)9-17-15/h4-7,12H,8-9H2,1-3H3/t12-,15-/m1/s1. The third-order valence-electron chi connectivity index (χ3n) is 4.13. The van der Waals surface area contributed by atoms with Crippen molar-refractivity contribution in [2.75, 3.05) is 6.61 Å². The van der Waals surface area contributed by atoms with Crippen LogP contribution in [0.4, 0.5) is 0 Å². The summed E-state index contributed by atoms with van der Waals surface area (Å²) in [4.78, 5) is 12.5. The average Bonchev–Trinajstić information content (AvgIpc) is 3.04. The Morgan fingerprint density at radius 3 is 2.53 bits per heavy atom. The molecular formula is C15H18O2. The molecule has 2 nitrogen and oxygen atoms in total. The number of benzene rings is 1. The predicted octanol–water partition coefficient (Wildman–Crippen LogP) is 2.86. The smallest absolute Gasteiger partial charge is 0.197 e. The lowest BCUT2D eigenvalue weighted by atomic mass is 9.64. The molecule has 1 aliphatic carbocycles. The molecule has 0 N–H and O–H groups in total. The van der Waals surface area contributed by atoms with Gasteiger partial charge in [-0.15, -0.1) is 0 Å². The molecule has 1 heterocycles. The molecule has 2 atom stereocenters. The monoisotopic (exact) mass is 230 g/mol. The second kappa shape index (κ2) is 3.20. The van der Waals surface area contributed by atoms with Crippen LogP contribution in [0.2, 0.25) is 0 Å². The van der Waals surface area contributed by atoms with Gasteiger partial charge in [-0.3, -0.25) is 4.79 Å². The zero-order valence-electron chi connectivity index (χ0n) is 10.6. The van der Waals surface area contributed by atoms with Gasteiger partial charge in [-0.25, -0.2) is 0 Å². The quantitative estimate of drug-likeness (QED) is 0.641. The van der Waals surface area contributed by atoms with Crippen LogP contribution >= 0.6 is 0 Å². The number of carbonyl (C=O) groups is 1. The second-order valence-corrected chi connectivity index (χ2v) is 6.29. The molecule has 1 aromatic rings. The lowest BCUT2D eigenvalue weighted by molar-refractivity contribution is 0.0606. The van der Waals surface area contributed by atoms with E-state index in [1.165, 1.54) is 5.56 Å². The summed E-state index contributed by atoms with van der Waals surface area (Å²) in [5.41, 5.74) is 1.63. The third kappa shape index (κ3) is 1.47. The molecule has 0 radical (unpaired) electrons.